The van der Waals surface area contributed by atoms with Gasteiger partial charge in [0.1, 0.15) is 5.75 Å². The van der Waals surface area contributed by atoms with Crippen LogP contribution in [-0.4, -0.2) is 44.4 Å². The van der Waals surface area contributed by atoms with Gasteiger partial charge in [0.25, 0.3) is 0 Å². The number of sulfonamides is 1. The highest BCUT2D eigenvalue weighted by atomic mass is 32.2. The summed E-state index contributed by atoms with van der Waals surface area (Å²) in [5, 5.41) is 2.99. The molecule has 2 heterocycles. The summed E-state index contributed by atoms with van der Waals surface area (Å²) < 4.78 is 32.6. The lowest BCUT2D eigenvalue weighted by atomic mass is 10.1. The fourth-order valence-electron chi connectivity index (χ4n) is 3.83. The van der Waals surface area contributed by atoms with Crippen molar-refractivity contribution in [3.8, 4) is 5.75 Å². The topological polar surface area (TPSA) is 75.7 Å². The third kappa shape index (κ3) is 4.57. The second-order valence-corrected chi connectivity index (χ2v) is 9.74. The lowest BCUT2D eigenvalue weighted by Gasteiger charge is -2.31. The van der Waals surface area contributed by atoms with Crippen LogP contribution in [0, 0.1) is 6.92 Å². The number of carbonyl (C=O) groups is 1. The van der Waals surface area contributed by atoms with Crippen LogP contribution in [0.2, 0.25) is 0 Å². The van der Waals surface area contributed by atoms with Gasteiger partial charge in [0.15, 0.2) is 0 Å². The Morgan fingerprint density at radius 2 is 1.87 bits per heavy atom. The summed E-state index contributed by atoms with van der Waals surface area (Å²) in [6, 6.07) is 12.8. The lowest BCUT2D eigenvalue weighted by Crippen LogP contribution is -2.46. The van der Waals surface area contributed by atoms with E-state index in [2.05, 4.69) is 5.32 Å². The lowest BCUT2D eigenvalue weighted by molar-refractivity contribution is -0.117. The molecule has 2 aliphatic rings. The molecule has 0 saturated carbocycles. The van der Waals surface area contributed by atoms with E-state index in [-0.39, 0.29) is 11.9 Å². The van der Waals surface area contributed by atoms with Gasteiger partial charge in [0.2, 0.25) is 15.9 Å². The first kappa shape index (κ1) is 20.6. The Bertz CT molecular complexity index is 1050. The van der Waals surface area contributed by atoms with Gasteiger partial charge in [-0.05, 0) is 61.2 Å². The van der Waals surface area contributed by atoms with Crippen molar-refractivity contribution in [3.63, 3.8) is 0 Å². The van der Waals surface area contributed by atoms with Gasteiger partial charge in [0, 0.05) is 31.6 Å². The number of hydrogen-bond donors (Lipinski definition) is 1. The van der Waals surface area contributed by atoms with Crippen LogP contribution in [0.15, 0.2) is 53.4 Å². The van der Waals surface area contributed by atoms with Crippen LogP contribution in [-0.2, 0) is 21.2 Å². The van der Waals surface area contributed by atoms with Gasteiger partial charge in [-0.3, -0.25) is 4.79 Å². The number of rotatable bonds is 5. The molecule has 2 aromatic rings. The van der Waals surface area contributed by atoms with Crippen molar-refractivity contribution in [1.29, 1.82) is 0 Å². The monoisotopic (exact) mass is 426 g/mol. The molecule has 7 heteroatoms. The van der Waals surface area contributed by atoms with Crippen LogP contribution in [0.1, 0.15) is 29.5 Å². The van der Waals surface area contributed by atoms with Gasteiger partial charge >= 0.3 is 0 Å². The smallest absolute Gasteiger partial charge is 0.244 e. The fraction of sp³-hybridized carbons (Fsp3) is 0.348. The van der Waals surface area contributed by atoms with Crippen molar-refractivity contribution < 1.29 is 17.9 Å². The van der Waals surface area contributed by atoms with Gasteiger partial charge < -0.3 is 10.1 Å². The molecule has 0 spiro atoms. The minimum Gasteiger partial charge on any atom is -0.493 e. The van der Waals surface area contributed by atoms with Crippen LogP contribution >= 0.6 is 0 Å². The molecule has 2 aromatic carbocycles. The minimum atomic E-state index is -3.49. The van der Waals surface area contributed by atoms with Crippen molar-refractivity contribution in [1.82, 2.24) is 9.62 Å². The highest BCUT2D eigenvalue weighted by Gasteiger charge is 2.29. The van der Waals surface area contributed by atoms with Crippen LogP contribution in [0.5, 0.6) is 5.75 Å². The van der Waals surface area contributed by atoms with E-state index in [0.717, 1.165) is 23.3 Å². The maximum absolute atomic E-state index is 12.8. The molecular formula is C23H26N2O4S. The highest BCUT2D eigenvalue weighted by molar-refractivity contribution is 7.89. The zero-order valence-electron chi connectivity index (χ0n) is 17.0. The third-order valence-corrected chi connectivity index (χ3v) is 7.51. The Hall–Kier alpha value is -2.64. The summed E-state index contributed by atoms with van der Waals surface area (Å²) in [4.78, 5) is 12.6. The molecule has 0 unspecified atom stereocenters. The number of amides is 1. The molecule has 1 amide bonds. The summed E-state index contributed by atoms with van der Waals surface area (Å²) >= 11 is 0. The molecule has 1 N–H and O–H groups in total. The maximum atomic E-state index is 12.8. The molecule has 0 aliphatic carbocycles. The molecule has 30 heavy (non-hydrogen) atoms. The second-order valence-electron chi connectivity index (χ2n) is 7.80. The molecule has 6 nitrogen and oxygen atoms in total. The molecule has 2 aliphatic heterocycles. The molecule has 158 valence electrons. The molecule has 0 aromatic heterocycles. The number of carbonyl (C=O) groups excluding carboxylic acids is 1. The Balaban J connectivity index is 1.30. The number of piperidine rings is 1. The summed E-state index contributed by atoms with van der Waals surface area (Å²) in [7, 11) is -3.49. The summed E-state index contributed by atoms with van der Waals surface area (Å²) in [6.45, 7) is 3.43. The number of benzene rings is 2. The van der Waals surface area contributed by atoms with Gasteiger partial charge in [-0.15, -0.1) is 0 Å². The van der Waals surface area contributed by atoms with Crippen molar-refractivity contribution in [2.45, 2.75) is 37.1 Å². The average molecular weight is 427 g/mol. The van der Waals surface area contributed by atoms with Gasteiger partial charge in [-0.1, -0.05) is 23.8 Å². The Kier molecular flexibility index (Phi) is 5.92. The van der Waals surface area contributed by atoms with Crippen molar-refractivity contribution in [2.75, 3.05) is 19.7 Å². The van der Waals surface area contributed by atoms with E-state index in [1.54, 1.807) is 30.3 Å². The first-order valence-corrected chi connectivity index (χ1v) is 11.7. The van der Waals surface area contributed by atoms with Gasteiger partial charge in [-0.25, -0.2) is 8.42 Å². The number of ether oxygens (including phenoxy) is 1. The number of fused-ring (bicyclic) bond motifs is 1. The van der Waals surface area contributed by atoms with Gasteiger partial charge in [0.05, 0.1) is 11.5 Å². The minimum absolute atomic E-state index is 0.0277. The maximum Gasteiger partial charge on any atom is 0.244 e. The zero-order chi connectivity index (χ0) is 21.1. The summed E-state index contributed by atoms with van der Waals surface area (Å²) in [5.41, 5.74) is 3.16. The second kappa shape index (κ2) is 8.62. The third-order valence-electron chi connectivity index (χ3n) is 5.60. The predicted octanol–water partition coefficient (Wildman–Crippen LogP) is 2.91. The van der Waals surface area contributed by atoms with Gasteiger partial charge in [-0.2, -0.15) is 4.31 Å². The fourth-order valence-corrected chi connectivity index (χ4v) is 5.30. The normalized spacial score (nSPS) is 17.6. The SMILES string of the molecule is Cc1ccc(S(=O)(=O)N2CCC(NC(=O)/C=C/c3ccc4c(c3)CCO4)CC2)cc1. The summed E-state index contributed by atoms with van der Waals surface area (Å²) in [5.74, 6) is 0.760. The standard InChI is InChI=1S/C23H26N2O4S/c1-17-2-6-21(7-3-17)30(27,28)25-13-10-20(11-14-25)24-23(26)9-5-18-4-8-22-19(16-18)12-15-29-22/h2-9,16,20H,10-15H2,1H3,(H,24,26)/b9-5+. The van der Waals surface area contributed by atoms with E-state index in [1.165, 1.54) is 15.9 Å². The van der Waals surface area contributed by atoms with Crippen molar-refractivity contribution in [3.05, 3.63) is 65.2 Å². The number of nitrogens with one attached hydrogen (secondary N) is 1. The molecule has 1 fully saturated rings. The van der Waals surface area contributed by atoms with E-state index >= 15 is 0 Å². The van der Waals surface area contributed by atoms with E-state index in [0.29, 0.717) is 37.4 Å². The number of aryl methyl sites for hydroxylation is 1. The Morgan fingerprint density at radius 1 is 1.13 bits per heavy atom. The Labute approximate surface area is 177 Å². The Morgan fingerprint density at radius 3 is 2.60 bits per heavy atom. The summed E-state index contributed by atoms with van der Waals surface area (Å²) in [6.07, 6.45) is 5.42. The largest absolute Gasteiger partial charge is 0.493 e. The van der Waals surface area contributed by atoms with Crippen molar-refractivity contribution >= 4 is 22.0 Å². The van der Waals surface area contributed by atoms with Crippen molar-refractivity contribution in [2.24, 2.45) is 0 Å². The van der Waals surface area contributed by atoms with Crippen LogP contribution in [0.3, 0.4) is 0 Å². The molecular weight excluding hydrogens is 400 g/mol. The number of hydrogen-bond acceptors (Lipinski definition) is 4. The van der Waals surface area contributed by atoms with E-state index in [1.807, 2.05) is 25.1 Å². The highest BCUT2D eigenvalue weighted by Crippen LogP contribution is 2.26. The van der Waals surface area contributed by atoms with Crippen LogP contribution < -0.4 is 10.1 Å². The first-order chi connectivity index (χ1) is 14.4. The predicted molar refractivity (Wildman–Crippen MR) is 116 cm³/mol. The number of nitrogens with zero attached hydrogens (tertiary/aromatic N) is 1. The van der Waals surface area contributed by atoms with E-state index < -0.39 is 10.0 Å². The van der Waals surface area contributed by atoms with E-state index in [4.69, 9.17) is 4.74 Å². The first-order valence-electron chi connectivity index (χ1n) is 10.2. The molecule has 4 rings (SSSR count). The van der Waals surface area contributed by atoms with E-state index in [9.17, 15) is 13.2 Å². The zero-order valence-corrected chi connectivity index (χ0v) is 17.8. The molecule has 0 radical (unpaired) electrons. The average Bonchev–Trinajstić information content (AvgIpc) is 3.21. The quantitative estimate of drug-likeness (QED) is 0.746. The van der Waals surface area contributed by atoms with Crippen LogP contribution in [0.25, 0.3) is 6.08 Å². The van der Waals surface area contributed by atoms with Crippen LogP contribution in [0.4, 0.5) is 0 Å². The molecule has 0 atom stereocenters. The molecule has 1 saturated heterocycles. The molecule has 0 bridgehead atoms.